The summed E-state index contributed by atoms with van der Waals surface area (Å²) in [5.41, 5.74) is 3.17. The molecule has 0 aromatic heterocycles. The molecule has 1 heterocycles. The highest BCUT2D eigenvalue weighted by Crippen LogP contribution is 2.11. The number of nitrogens with one attached hydrogen (secondary N) is 2. The molecule has 0 radical (unpaired) electrons. The van der Waals surface area contributed by atoms with E-state index in [1.807, 2.05) is 36.4 Å². The van der Waals surface area contributed by atoms with Gasteiger partial charge in [-0.25, -0.2) is 0 Å². The van der Waals surface area contributed by atoms with E-state index in [0.29, 0.717) is 5.56 Å². The molecule has 1 saturated heterocycles. The molecule has 140 valence electrons. The van der Waals surface area contributed by atoms with Crippen molar-refractivity contribution < 1.29 is 9.64 Å². The molecule has 0 atom stereocenters. The van der Waals surface area contributed by atoms with Crippen molar-refractivity contribution in [3.05, 3.63) is 65.2 Å². The van der Waals surface area contributed by atoms with Crippen LogP contribution in [0.25, 0.3) is 0 Å². The van der Waals surface area contributed by atoms with Crippen LogP contribution < -0.4 is 15.0 Å². The fraction of sp³-hybridized carbons (Fsp3) is 0.333. The van der Waals surface area contributed by atoms with Gasteiger partial charge in [-0.1, -0.05) is 24.3 Å². The zero-order chi connectivity index (χ0) is 19.1. The molecular formula is C21H25N4OS+. The number of piperazine rings is 1. The van der Waals surface area contributed by atoms with E-state index in [1.165, 1.54) is 11.1 Å². The second-order valence-electron chi connectivity index (χ2n) is 6.73. The molecular weight excluding hydrogens is 356 g/mol. The topological polar surface area (TPSA) is 52.7 Å². The van der Waals surface area contributed by atoms with E-state index in [0.717, 1.165) is 50.1 Å². The number of hydrogen-bond donors (Lipinski definition) is 2. The van der Waals surface area contributed by atoms with Crippen LogP contribution in [0.5, 0.6) is 5.75 Å². The highest BCUT2D eigenvalue weighted by atomic mass is 32.1. The van der Waals surface area contributed by atoms with Crippen molar-refractivity contribution in [1.29, 1.82) is 5.26 Å². The van der Waals surface area contributed by atoms with Crippen LogP contribution in [0.4, 0.5) is 0 Å². The van der Waals surface area contributed by atoms with Crippen molar-refractivity contribution in [3.8, 4) is 11.8 Å². The standard InChI is InChI=1S/C21H24N4OS/c1-26-20-8-6-18(7-9-20)15-23-21(27)25-12-10-24(11-13-25)16-19-4-2-17(14-22)3-5-19/h2-9H,10-13,15-16H2,1H3,(H,23,27)/p+1. The predicted molar refractivity (Wildman–Crippen MR) is 110 cm³/mol. The molecule has 2 aromatic rings. The number of thiocarbonyl (C=S) groups is 1. The Labute approximate surface area is 166 Å². The van der Waals surface area contributed by atoms with Crippen molar-refractivity contribution in [2.24, 2.45) is 0 Å². The SMILES string of the molecule is COc1ccc(CNC(=S)N2CC[NH+](Cc3ccc(C#N)cc3)CC2)cc1. The van der Waals surface area contributed by atoms with Crippen LogP contribution in [0, 0.1) is 11.3 Å². The summed E-state index contributed by atoms with van der Waals surface area (Å²) in [5.74, 6) is 0.864. The Morgan fingerprint density at radius 2 is 1.74 bits per heavy atom. The highest BCUT2D eigenvalue weighted by Gasteiger charge is 2.21. The fourth-order valence-electron chi connectivity index (χ4n) is 3.22. The molecule has 2 N–H and O–H groups in total. The number of quaternary nitrogens is 1. The molecule has 1 fully saturated rings. The second-order valence-corrected chi connectivity index (χ2v) is 7.12. The Balaban J connectivity index is 1.42. The van der Waals surface area contributed by atoms with Gasteiger partial charge in [0.2, 0.25) is 0 Å². The molecule has 6 heteroatoms. The number of nitriles is 1. The molecule has 0 unspecified atom stereocenters. The Morgan fingerprint density at radius 3 is 2.33 bits per heavy atom. The number of benzene rings is 2. The number of rotatable bonds is 5. The van der Waals surface area contributed by atoms with Crippen LogP contribution in [0.2, 0.25) is 0 Å². The average Bonchev–Trinajstić information content (AvgIpc) is 2.73. The summed E-state index contributed by atoms with van der Waals surface area (Å²) in [6.45, 7) is 5.75. The number of nitrogens with zero attached hydrogens (tertiary/aromatic N) is 2. The molecule has 5 nitrogen and oxygen atoms in total. The van der Waals surface area contributed by atoms with Crippen LogP contribution in [0.3, 0.4) is 0 Å². The summed E-state index contributed by atoms with van der Waals surface area (Å²) in [5, 5.41) is 13.1. The van der Waals surface area contributed by atoms with Gasteiger partial charge < -0.3 is 19.9 Å². The highest BCUT2D eigenvalue weighted by molar-refractivity contribution is 7.80. The van der Waals surface area contributed by atoms with Gasteiger partial charge >= 0.3 is 0 Å². The zero-order valence-electron chi connectivity index (χ0n) is 15.6. The van der Waals surface area contributed by atoms with Crippen LogP contribution in [-0.4, -0.2) is 43.3 Å². The van der Waals surface area contributed by atoms with Crippen LogP contribution >= 0.6 is 12.2 Å². The van der Waals surface area contributed by atoms with Gasteiger partial charge in [0, 0.05) is 12.1 Å². The second kappa shape index (κ2) is 9.36. The minimum atomic E-state index is 0.715. The summed E-state index contributed by atoms with van der Waals surface area (Å²) in [6, 6.07) is 18.1. The molecule has 0 bridgehead atoms. The third kappa shape index (κ3) is 5.43. The first-order valence-corrected chi connectivity index (χ1v) is 9.57. The molecule has 3 rings (SSSR count). The Morgan fingerprint density at radius 1 is 1.11 bits per heavy atom. The fourth-order valence-corrected chi connectivity index (χ4v) is 3.48. The smallest absolute Gasteiger partial charge is 0.169 e. The van der Waals surface area contributed by atoms with Gasteiger partial charge in [-0.15, -0.1) is 0 Å². The van der Waals surface area contributed by atoms with Crippen LogP contribution in [-0.2, 0) is 13.1 Å². The first-order chi connectivity index (χ1) is 13.2. The van der Waals surface area contributed by atoms with E-state index in [-0.39, 0.29) is 0 Å². The molecule has 1 aliphatic rings. The quantitative estimate of drug-likeness (QED) is 0.766. The maximum absolute atomic E-state index is 8.89. The van der Waals surface area contributed by atoms with Crippen molar-refractivity contribution in [2.75, 3.05) is 33.3 Å². The minimum absolute atomic E-state index is 0.715. The summed E-state index contributed by atoms with van der Waals surface area (Å²) in [7, 11) is 1.67. The van der Waals surface area contributed by atoms with E-state index < -0.39 is 0 Å². The lowest BCUT2D eigenvalue weighted by Crippen LogP contribution is -3.13. The zero-order valence-corrected chi connectivity index (χ0v) is 16.4. The monoisotopic (exact) mass is 381 g/mol. The lowest BCUT2D eigenvalue weighted by Gasteiger charge is -2.34. The number of methoxy groups -OCH3 is 1. The predicted octanol–water partition coefficient (Wildman–Crippen LogP) is 1.34. The molecule has 0 aliphatic carbocycles. The maximum atomic E-state index is 8.89. The van der Waals surface area contributed by atoms with Crippen molar-refractivity contribution in [1.82, 2.24) is 10.2 Å². The van der Waals surface area contributed by atoms with E-state index in [2.05, 4.69) is 28.4 Å². The summed E-state index contributed by atoms with van der Waals surface area (Å²) in [6.07, 6.45) is 0. The van der Waals surface area contributed by atoms with Crippen molar-refractivity contribution in [2.45, 2.75) is 13.1 Å². The van der Waals surface area contributed by atoms with Gasteiger partial charge in [0.1, 0.15) is 12.3 Å². The Bertz CT molecular complexity index is 790. The largest absolute Gasteiger partial charge is 0.497 e. The van der Waals surface area contributed by atoms with E-state index in [4.69, 9.17) is 22.2 Å². The maximum Gasteiger partial charge on any atom is 0.169 e. The first-order valence-electron chi connectivity index (χ1n) is 9.16. The first kappa shape index (κ1) is 19.2. The molecule has 0 spiro atoms. The third-order valence-corrected chi connectivity index (χ3v) is 5.30. The molecule has 0 amide bonds. The molecule has 2 aromatic carbocycles. The van der Waals surface area contributed by atoms with Gasteiger partial charge in [0.25, 0.3) is 0 Å². The number of hydrogen-bond acceptors (Lipinski definition) is 3. The van der Waals surface area contributed by atoms with Crippen molar-refractivity contribution >= 4 is 17.3 Å². The Hall–Kier alpha value is -2.62. The Kier molecular flexibility index (Phi) is 6.64. The van der Waals surface area contributed by atoms with E-state index in [9.17, 15) is 0 Å². The lowest BCUT2D eigenvalue weighted by atomic mass is 10.1. The molecule has 0 saturated carbocycles. The van der Waals surface area contributed by atoms with Gasteiger partial charge in [0.05, 0.1) is 44.9 Å². The number of ether oxygens (including phenoxy) is 1. The van der Waals surface area contributed by atoms with Gasteiger partial charge in [-0.2, -0.15) is 5.26 Å². The van der Waals surface area contributed by atoms with Gasteiger partial charge in [-0.05, 0) is 42.0 Å². The normalized spacial score (nSPS) is 14.4. The molecule has 1 aliphatic heterocycles. The average molecular weight is 382 g/mol. The van der Waals surface area contributed by atoms with Gasteiger partial charge in [0.15, 0.2) is 5.11 Å². The summed E-state index contributed by atoms with van der Waals surface area (Å²) >= 11 is 5.57. The summed E-state index contributed by atoms with van der Waals surface area (Å²) in [4.78, 5) is 3.80. The van der Waals surface area contributed by atoms with Crippen LogP contribution in [0.15, 0.2) is 48.5 Å². The van der Waals surface area contributed by atoms with E-state index in [1.54, 1.807) is 12.0 Å². The third-order valence-electron chi connectivity index (χ3n) is 4.90. The van der Waals surface area contributed by atoms with E-state index >= 15 is 0 Å². The minimum Gasteiger partial charge on any atom is -0.497 e. The van der Waals surface area contributed by atoms with Crippen LogP contribution in [0.1, 0.15) is 16.7 Å². The summed E-state index contributed by atoms with van der Waals surface area (Å²) < 4.78 is 5.18. The molecule has 27 heavy (non-hydrogen) atoms. The van der Waals surface area contributed by atoms with Crippen molar-refractivity contribution in [3.63, 3.8) is 0 Å². The lowest BCUT2D eigenvalue weighted by molar-refractivity contribution is -0.917. The van der Waals surface area contributed by atoms with Gasteiger partial charge in [-0.3, -0.25) is 0 Å².